The average Bonchev–Trinajstić information content (AvgIpc) is 2.46. The van der Waals surface area contributed by atoms with Gasteiger partial charge in [0.15, 0.2) is 0 Å². The smallest absolute Gasteiger partial charge is 0.419 e. The molecule has 0 aromatic heterocycles. The van der Waals surface area contributed by atoms with Crippen molar-refractivity contribution in [3.63, 3.8) is 0 Å². The molecular weight excluding hydrogens is 297 g/mol. The molecule has 117 valence electrons. The molecule has 0 saturated carbocycles. The highest BCUT2D eigenvalue weighted by atomic mass is 19.4. The Morgan fingerprint density at radius 3 is 2.64 bits per heavy atom. The normalized spacial score (nSPS) is 11.3. The summed E-state index contributed by atoms with van der Waals surface area (Å²) in [6, 6.07) is 10.9. The van der Waals surface area contributed by atoms with Gasteiger partial charge in [-0.15, -0.1) is 0 Å². The molecule has 1 radical (unpaired) electrons. The number of methoxy groups -OCH3 is 1. The zero-order chi connectivity index (χ0) is 16.2. The Morgan fingerprint density at radius 1 is 1.23 bits per heavy atom. The van der Waals surface area contributed by atoms with Gasteiger partial charge >= 0.3 is 6.18 Å². The molecule has 0 aliphatic rings. The van der Waals surface area contributed by atoms with Crippen molar-refractivity contribution in [3.05, 3.63) is 53.6 Å². The first kappa shape index (κ1) is 16.0. The van der Waals surface area contributed by atoms with E-state index in [1.165, 1.54) is 31.4 Å². The fraction of sp³-hybridized carbons (Fsp3) is 0.250. The SMILES string of the molecule is COc1c(CCOc2c[c]cc(O)c2)cccc1C(F)(F)F. The predicted octanol–water partition coefficient (Wildman–Crippen LogP) is 3.84. The standard InChI is InChI=1S/C16H14F3O3/c1-21-15-11(4-2-7-14(15)16(17,18)19)8-9-22-13-6-3-5-12(20)10-13/h2,4-7,10,20H,8-9H2,1H3. The van der Waals surface area contributed by atoms with Gasteiger partial charge in [-0.3, -0.25) is 0 Å². The van der Waals surface area contributed by atoms with Crippen molar-refractivity contribution in [1.29, 1.82) is 0 Å². The Kier molecular flexibility index (Phi) is 4.80. The van der Waals surface area contributed by atoms with Crippen LogP contribution in [-0.4, -0.2) is 18.8 Å². The number of phenolic OH excluding ortho intramolecular Hbond substituents is 1. The lowest BCUT2D eigenvalue weighted by Crippen LogP contribution is -2.10. The van der Waals surface area contributed by atoms with Crippen molar-refractivity contribution in [2.24, 2.45) is 0 Å². The number of rotatable bonds is 5. The van der Waals surface area contributed by atoms with Crippen molar-refractivity contribution in [3.8, 4) is 17.2 Å². The summed E-state index contributed by atoms with van der Waals surface area (Å²) >= 11 is 0. The molecule has 6 heteroatoms. The van der Waals surface area contributed by atoms with Crippen molar-refractivity contribution in [2.45, 2.75) is 12.6 Å². The van der Waals surface area contributed by atoms with Gasteiger partial charge in [0.1, 0.15) is 17.2 Å². The van der Waals surface area contributed by atoms with Gasteiger partial charge in [-0.1, -0.05) is 12.1 Å². The number of phenols is 1. The third-order valence-electron chi connectivity index (χ3n) is 2.99. The van der Waals surface area contributed by atoms with Crippen LogP contribution in [0.5, 0.6) is 17.2 Å². The van der Waals surface area contributed by atoms with Crippen LogP contribution in [0.25, 0.3) is 0 Å². The first-order valence-electron chi connectivity index (χ1n) is 6.48. The highest BCUT2D eigenvalue weighted by Gasteiger charge is 2.35. The lowest BCUT2D eigenvalue weighted by molar-refractivity contribution is -0.138. The molecule has 0 unspecified atom stereocenters. The molecule has 0 spiro atoms. The van der Waals surface area contributed by atoms with E-state index in [0.29, 0.717) is 11.3 Å². The fourth-order valence-corrected chi connectivity index (χ4v) is 2.05. The van der Waals surface area contributed by atoms with Crippen LogP contribution in [-0.2, 0) is 12.6 Å². The lowest BCUT2D eigenvalue weighted by Gasteiger charge is -2.15. The molecule has 2 aromatic carbocycles. The van der Waals surface area contributed by atoms with Crippen LogP contribution in [0.1, 0.15) is 11.1 Å². The zero-order valence-electron chi connectivity index (χ0n) is 11.8. The highest BCUT2D eigenvalue weighted by molar-refractivity contribution is 5.43. The number of ether oxygens (including phenoxy) is 2. The van der Waals surface area contributed by atoms with Gasteiger partial charge in [-0.25, -0.2) is 0 Å². The van der Waals surface area contributed by atoms with E-state index in [1.807, 2.05) is 0 Å². The maximum atomic E-state index is 12.9. The maximum Gasteiger partial charge on any atom is 0.419 e. The first-order chi connectivity index (χ1) is 10.4. The Labute approximate surface area is 125 Å². The Hall–Kier alpha value is -2.37. The fourth-order valence-electron chi connectivity index (χ4n) is 2.05. The molecule has 0 fully saturated rings. The van der Waals surface area contributed by atoms with Gasteiger partial charge in [0, 0.05) is 12.5 Å². The molecule has 0 saturated heterocycles. The number of para-hydroxylation sites is 1. The number of alkyl halides is 3. The largest absolute Gasteiger partial charge is 0.508 e. The summed E-state index contributed by atoms with van der Waals surface area (Å²) in [7, 11) is 1.21. The minimum atomic E-state index is -4.47. The number of hydrogen-bond acceptors (Lipinski definition) is 3. The molecule has 2 aromatic rings. The van der Waals surface area contributed by atoms with Gasteiger partial charge in [-0.05, 0) is 29.8 Å². The van der Waals surface area contributed by atoms with Crippen LogP contribution in [0.3, 0.4) is 0 Å². The summed E-state index contributed by atoms with van der Waals surface area (Å²) < 4.78 is 49.0. The molecule has 3 nitrogen and oxygen atoms in total. The topological polar surface area (TPSA) is 38.7 Å². The minimum absolute atomic E-state index is 0.00847. The van der Waals surface area contributed by atoms with Crippen molar-refractivity contribution < 1.29 is 27.8 Å². The van der Waals surface area contributed by atoms with Gasteiger partial charge in [-0.2, -0.15) is 13.2 Å². The lowest BCUT2D eigenvalue weighted by atomic mass is 10.1. The molecule has 0 bridgehead atoms. The van der Waals surface area contributed by atoms with Crippen molar-refractivity contribution in [1.82, 2.24) is 0 Å². The van der Waals surface area contributed by atoms with Gasteiger partial charge in [0.05, 0.1) is 19.3 Å². The van der Waals surface area contributed by atoms with Crippen LogP contribution in [0.2, 0.25) is 0 Å². The second-order valence-corrected chi connectivity index (χ2v) is 4.52. The number of halogens is 3. The second kappa shape index (κ2) is 6.60. The number of benzene rings is 2. The van der Waals surface area contributed by atoms with Crippen LogP contribution < -0.4 is 9.47 Å². The van der Waals surface area contributed by atoms with Gasteiger partial charge < -0.3 is 14.6 Å². The summed E-state index contributed by atoms with van der Waals surface area (Å²) in [5.41, 5.74) is -0.403. The summed E-state index contributed by atoms with van der Waals surface area (Å²) in [5, 5.41) is 9.28. The van der Waals surface area contributed by atoms with Gasteiger partial charge in [0.25, 0.3) is 0 Å². The molecule has 0 aliphatic heterocycles. The Bertz CT molecular complexity index is 639. The Morgan fingerprint density at radius 2 is 2.00 bits per heavy atom. The van der Waals surface area contributed by atoms with Crippen LogP contribution in [0.4, 0.5) is 13.2 Å². The maximum absolute atomic E-state index is 12.9. The highest BCUT2D eigenvalue weighted by Crippen LogP contribution is 2.38. The number of hydrogen-bond donors (Lipinski definition) is 1. The zero-order valence-corrected chi connectivity index (χ0v) is 11.8. The van der Waals surface area contributed by atoms with Gasteiger partial charge in [0.2, 0.25) is 0 Å². The van der Waals surface area contributed by atoms with E-state index >= 15 is 0 Å². The predicted molar refractivity (Wildman–Crippen MR) is 74.1 cm³/mol. The van der Waals surface area contributed by atoms with Crippen molar-refractivity contribution >= 4 is 0 Å². The van der Waals surface area contributed by atoms with Crippen LogP contribution in [0.15, 0.2) is 36.4 Å². The van der Waals surface area contributed by atoms with Crippen LogP contribution >= 0.6 is 0 Å². The first-order valence-corrected chi connectivity index (χ1v) is 6.48. The summed E-state index contributed by atoms with van der Waals surface area (Å²) in [4.78, 5) is 0. The van der Waals surface area contributed by atoms with Crippen LogP contribution in [0, 0.1) is 6.07 Å². The quantitative estimate of drug-likeness (QED) is 0.912. The van der Waals surface area contributed by atoms with E-state index in [2.05, 4.69) is 6.07 Å². The molecule has 0 aliphatic carbocycles. The average molecular weight is 311 g/mol. The molecular formula is C16H14F3O3. The summed E-state index contributed by atoms with van der Waals surface area (Å²) in [5.74, 6) is 0.209. The van der Waals surface area contributed by atoms with Crippen molar-refractivity contribution in [2.75, 3.05) is 13.7 Å². The molecule has 0 atom stereocenters. The second-order valence-electron chi connectivity index (χ2n) is 4.52. The molecule has 22 heavy (non-hydrogen) atoms. The minimum Gasteiger partial charge on any atom is -0.508 e. The van der Waals surface area contributed by atoms with E-state index in [-0.39, 0.29) is 24.5 Å². The monoisotopic (exact) mass is 311 g/mol. The molecule has 0 heterocycles. The number of aromatic hydroxyl groups is 1. The molecule has 2 rings (SSSR count). The third kappa shape index (κ3) is 3.84. The molecule has 1 N–H and O–H groups in total. The van der Waals surface area contributed by atoms with E-state index in [4.69, 9.17) is 9.47 Å². The van der Waals surface area contributed by atoms with E-state index < -0.39 is 11.7 Å². The van der Waals surface area contributed by atoms with E-state index in [9.17, 15) is 18.3 Å². The van der Waals surface area contributed by atoms with E-state index in [1.54, 1.807) is 6.07 Å². The van der Waals surface area contributed by atoms with E-state index in [0.717, 1.165) is 6.07 Å². The third-order valence-corrected chi connectivity index (χ3v) is 2.99. The summed E-state index contributed by atoms with van der Waals surface area (Å²) in [6.07, 6.45) is -4.23. The summed E-state index contributed by atoms with van der Waals surface area (Å²) in [6.45, 7) is 0.148. The molecule has 0 amide bonds. The Balaban J connectivity index is 2.10.